The Morgan fingerprint density at radius 2 is 2.16 bits per heavy atom. The Morgan fingerprint density at radius 3 is 2.63 bits per heavy atom. The van der Waals surface area contributed by atoms with E-state index in [1.54, 1.807) is 19.1 Å². The number of amides is 2. The molecule has 108 valence electrons. The van der Waals surface area contributed by atoms with E-state index >= 15 is 0 Å². The van der Waals surface area contributed by atoms with Crippen LogP contribution in [-0.2, 0) is 9.53 Å². The molecule has 0 saturated heterocycles. The molecule has 6 nitrogen and oxygen atoms in total. The zero-order valence-corrected chi connectivity index (χ0v) is 11.5. The number of methoxy groups -OCH3 is 1. The summed E-state index contributed by atoms with van der Waals surface area (Å²) in [6, 6.07) is 0.0307. The molecule has 0 heterocycles. The van der Waals surface area contributed by atoms with E-state index in [-0.39, 0.29) is 36.6 Å². The van der Waals surface area contributed by atoms with Crippen molar-refractivity contribution in [2.75, 3.05) is 20.7 Å². The van der Waals surface area contributed by atoms with Crippen LogP contribution in [0.2, 0.25) is 0 Å². The summed E-state index contributed by atoms with van der Waals surface area (Å²) in [6.45, 7) is 0.173. The molecule has 2 unspecified atom stereocenters. The molecule has 2 aliphatic rings. The summed E-state index contributed by atoms with van der Waals surface area (Å²) in [7, 11) is 3.51. The van der Waals surface area contributed by atoms with E-state index in [1.807, 2.05) is 0 Å². The predicted molar refractivity (Wildman–Crippen MR) is 68.9 cm³/mol. The standard InChI is InChI=1S/C13H22N2O4/c1-15(12(18)14-7-4-11(16)17)9-8-10(19-2)13(9)5-3-6-13/h9-10H,3-8H2,1-2H3,(H,14,18)(H,16,17). The molecule has 19 heavy (non-hydrogen) atoms. The summed E-state index contributed by atoms with van der Waals surface area (Å²) in [5, 5.41) is 11.2. The van der Waals surface area contributed by atoms with E-state index in [9.17, 15) is 9.59 Å². The molecule has 1 spiro atoms. The van der Waals surface area contributed by atoms with Crippen molar-refractivity contribution < 1.29 is 19.4 Å². The van der Waals surface area contributed by atoms with Crippen LogP contribution in [0, 0.1) is 5.41 Å². The van der Waals surface area contributed by atoms with Crippen LogP contribution >= 0.6 is 0 Å². The molecule has 2 aliphatic carbocycles. The van der Waals surface area contributed by atoms with Crippen LogP contribution in [0.4, 0.5) is 4.79 Å². The fourth-order valence-electron chi connectivity index (χ4n) is 3.38. The maximum Gasteiger partial charge on any atom is 0.317 e. The third-order valence-corrected chi connectivity index (χ3v) is 4.71. The van der Waals surface area contributed by atoms with Gasteiger partial charge in [-0.2, -0.15) is 0 Å². The highest BCUT2D eigenvalue weighted by Crippen LogP contribution is 2.58. The molecule has 0 radical (unpaired) electrons. The van der Waals surface area contributed by atoms with E-state index in [2.05, 4.69) is 5.32 Å². The van der Waals surface area contributed by atoms with Crippen LogP contribution in [-0.4, -0.2) is 54.9 Å². The Kier molecular flexibility index (Phi) is 3.99. The Balaban J connectivity index is 1.84. The zero-order valence-electron chi connectivity index (χ0n) is 11.5. The lowest BCUT2D eigenvalue weighted by atomic mass is 9.50. The number of carbonyl (C=O) groups excluding carboxylic acids is 1. The van der Waals surface area contributed by atoms with E-state index in [0.29, 0.717) is 0 Å². The Hall–Kier alpha value is -1.30. The molecule has 0 bridgehead atoms. The van der Waals surface area contributed by atoms with Gasteiger partial charge in [-0.1, -0.05) is 6.42 Å². The van der Waals surface area contributed by atoms with Crippen LogP contribution in [0.25, 0.3) is 0 Å². The van der Waals surface area contributed by atoms with E-state index in [1.165, 1.54) is 6.42 Å². The van der Waals surface area contributed by atoms with E-state index in [4.69, 9.17) is 9.84 Å². The van der Waals surface area contributed by atoms with Gasteiger partial charge in [-0.25, -0.2) is 4.79 Å². The van der Waals surface area contributed by atoms with Crippen molar-refractivity contribution in [2.24, 2.45) is 5.41 Å². The minimum atomic E-state index is -0.901. The van der Waals surface area contributed by atoms with Crippen LogP contribution in [0.5, 0.6) is 0 Å². The molecular weight excluding hydrogens is 248 g/mol. The highest BCUT2D eigenvalue weighted by Gasteiger charge is 2.60. The normalized spacial score (nSPS) is 27.3. The van der Waals surface area contributed by atoms with Gasteiger partial charge < -0.3 is 20.1 Å². The lowest BCUT2D eigenvalue weighted by Crippen LogP contribution is -2.68. The Morgan fingerprint density at radius 1 is 1.47 bits per heavy atom. The van der Waals surface area contributed by atoms with Crippen molar-refractivity contribution in [1.82, 2.24) is 10.2 Å². The zero-order chi connectivity index (χ0) is 14.0. The van der Waals surface area contributed by atoms with Crippen LogP contribution in [0.15, 0.2) is 0 Å². The predicted octanol–water partition coefficient (Wildman–Crippen LogP) is 1.06. The van der Waals surface area contributed by atoms with Gasteiger partial charge in [-0.3, -0.25) is 4.79 Å². The van der Waals surface area contributed by atoms with E-state index in [0.717, 1.165) is 19.3 Å². The highest BCUT2D eigenvalue weighted by molar-refractivity contribution is 5.75. The second kappa shape index (κ2) is 5.36. The molecule has 0 aliphatic heterocycles. The van der Waals surface area contributed by atoms with Gasteiger partial charge in [0.1, 0.15) is 0 Å². The SMILES string of the molecule is COC1CC(N(C)C(=O)NCCC(=O)O)C12CCC2. The molecular formula is C13H22N2O4. The molecule has 0 aromatic carbocycles. The van der Waals surface area contributed by atoms with Crippen LogP contribution < -0.4 is 5.32 Å². The fourth-order valence-corrected chi connectivity index (χ4v) is 3.38. The number of carbonyl (C=O) groups is 2. The van der Waals surface area contributed by atoms with Gasteiger partial charge in [0.2, 0.25) is 0 Å². The van der Waals surface area contributed by atoms with Crippen molar-refractivity contribution in [3.8, 4) is 0 Å². The van der Waals surface area contributed by atoms with Crippen molar-refractivity contribution in [2.45, 2.75) is 44.2 Å². The minimum absolute atomic E-state index is 0.0455. The summed E-state index contributed by atoms with van der Waals surface area (Å²) >= 11 is 0. The number of nitrogens with one attached hydrogen (secondary N) is 1. The van der Waals surface area contributed by atoms with Crippen molar-refractivity contribution in [1.29, 1.82) is 0 Å². The van der Waals surface area contributed by atoms with Crippen molar-refractivity contribution >= 4 is 12.0 Å². The molecule has 2 rings (SSSR count). The number of urea groups is 1. The molecule has 6 heteroatoms. The number of aliphatic carboxylic acids is 1. The van der Waals surface area contributed by atoms with E-state index < -0.39 is 5.97 Å². The summed E-state index contributed by atoms with van der Waals surface area (Å²) in [5.74, 6) is -0.901. The Bertz CT molecular complexity index is 368. The third kappa shape index (κ3) is 2.41. The van der Waals surface area contributed by atoms with Crippen molar-refractivity contribution in [3.05, 3.63) is 0 Å². The van der Waals surface area contributed by atoms with Crippen LogP contribution in [0.1, 0.15) is 32.1 Å². The molecule has 2 saturated carbocycles. The first kappa shape index (κ1) is 14.1. The van der Waals surface area contributed by atoms with Gasteiger partial charge in [0.05, 0.1) is 12.5 Å². The Labute approximate surface area is 113 Å². The number of rotatable bonds is 5. The first-order valence-electron chi connectivity index (χ1n) is 6.76. The maximum absolute atomic E-state index is 12.0. The largest absolute Gasteiger partial charge is 0.481 e. The average Bonchev–Trinajstić information content (AvgIpc) is 2.25. The third-order valence-electron chi connectivity index (χ3n) is 4.71. The summed E-state index contributed by atoms with van der Waals surface area (Å²) < 4.78 is 5.48. The first-order valence-corrected chi connectivity index (χ1v) is 6.76. The van der Waals surface area contributed by atoms with Gasteiger partial charge in [-0.05, 0) is 19.3 Å². The first-order chi connectivity index (χ1) is 9.01. The van der Waals surface area contributed by atoms with Gasteiger partial charge >= 0.3 is 12.0 Å². The molecule has 2 N–H and O–H groups in total. The lowest BCUT2D eigenvalue weighted by molar-refractivity contribution is -0.182. The summed E-state index contributed by atoms with van der Waals surface area (Å²) in [6.07, 6.45) is 4.52. The second-order valence-corrected chi connectivity index (χ2v) is 5.55. The number of hydrogen-bond donors (Lipinski definition) is 2. The maximum atomic E-state index is 12.0. The number of nitrogens with zero attached hydrogens (tertiary/aromatic N) is 1. The molecule has 0 aromatic heterocycles. The van der Waals surface area contributed by atoms with Gasteiger partial charge in [0, 0.05) is 32.2 Å². The fraction of sp³-hybridized carbons (Fsp3) is 0.846. The highest BCUT2D eigenvalue weighted by atomic mass is 16.5. The molecule has 0 aromatic rings. The smallest absolute Gasteiger partial charge is 0.317 e. The van der Waals surface area contributed by atoms with Gasteiger partial charge in [0.15, 0.2) is 0 Å². The number of ether oxygens (including phenoxy) is 1. The second-order valence-electron chi connectivity index (χ2n) is 5.55. The molecule has 2 amide bonds. The summed E-state index contributed by atoms with van der Waals surface area (Å²) in [4.78, 5) is 24.1. The average molecular weight is 270 g/mol. The number of carboxylic acid groups (broad SMARTS) is 1. The summed E-state index contributed by atoms with van der Waals surface area (Å²) in [5.41, 5.74) is 0.146. The van der Waals surface area contributed by atoms with Crippen molar-refractivity contribution in [3.63, 3.8) is 0 Å². The lowest BCUT2D eigenvalue weighted by Gasteiger charge is -2.62. The molecule has 2 fully saturated rings. The van der Waals surface area contributed by atoms with Crippen LogP contribution in [0.3, 0.4) is 0 Å². The van der Waals surface area contributed by atoms with Gasteiger partial charge in [-0.15, -0.1) is 0 Å². The number of carboxylic acids is 1. The minimum Gasteiger partial charge on any atom is -0.481 e. The van der Waals surface area contributed by atoms with Gasteiger partial charge in [0.25, 0.3) is 0 Å². The topological polar surface area (TPSA) is 78.9 Å². The molecule has 2 atom stereocenters. The quantitative estimate of drug-likeness (QED) is 0.783. The number of hydrogen-bond acceptors (Lipinski definition) is 3. The monoisotopic (exact) mass is 270 g/mol.